The molecular formula is C18H28N2O4S. The van der Waals surface area contributed by atoms with Crippen molar-refractivity contribution in [2.24, 2.45) is 5.92 Å². The van der Waals surface area contributed by atoms with Crippen LogP contribution in [-0.2, 0) is 14.8 Å². The van der Waals surface area contributed by atoms with Crippen LogP contribution >= 0.6 is 0 Å². The molecule has 0 saturated carbocycles. The molecule has 6 nitrogen and oxygen atoms in total. The number of ether oxygens (including phenoxy) is 2. The predicted octanol–water partition coefficient (Wildman–Crippen LogP) is 1.86. The average molecular weight is 368 g/mol. The number of rotatable bonds is 6. The van der Waals surface area contributed by atoms with Crippen LogP contribution in [-0.4, -0.2) is 59.3 Å². The molecule has 1 unspecified atom stereocenters. The first-order chi connectivity index (χ1) is 12.1. The molecule has 2 heterocycles. The third kappa shape index (κ3) is 4.94. The lowest BCUT2D eigenvalue weighted by atomic mass is 9.95. The minimum absolute atomic E-state index is 0.283. The van der Waals surface area contributed by atoms with Crippen LogP contribution in [0.2, 0.25) is 0 Å². The van der Waals surface area contributed by atoms with Crippen LogP contribution in [0.5, 0.6) is 5.75 Å². The monoisotopic (exact) mass is 368 g/mol. The Morgan fingerprint density at radius 3 is 2.60 bits per heavy atom. The second kappa shape index (κ2) is 8.49. The molecule has 1 aromatic rings. The minimum Gasteiger partial charge on any atom is -0.497 e. The number of likely N-dealkylation sites (tertiary alicyclic amines) is 1. The molecule has 3 rings (SSSR count). The number of benzene rings is 1. The van der Waals surface area contributed by atoms with Gasteiger partial charge in [0.15, 0.2) is 0 Å². The van der Waals surface area contributed by atoms with Crippen molar-refractivity contribution in [3.63, 3.8) is 0 Å². The summed E-state index contributed by atoms with van der Waals surface area (Å²) in [6.07, 6.45) is 4.38. The van der Waals surface area contributed by atoms with Crippen LogP contribution in [0.15, 0.2) is 29.2 Å². The molecular weight excluding hydrogens is 340 g/mol. The van der Waals surface area contributed by atoms with Gasteiger partial charge in [-0.25, -0.2) is 13.1 Å². The van der Waals surface area contributed by atoms with Crippen LogP contribution in [0.3, 0.4) is 0 Å². The lowest BCUT2D eigenvalue weighted by molar-refractivity contribution is 0.0183. The first-order valence-electron chi connectivity index (χ1n) is 9.04. The van der Waals surface area contributed by atoms with E-state index >= 15 is 0 Å². The molecule has 1 atom stereocenters. The average Bonchev–Trinajstić information content (AvgIpc) is 2.67. The fourth-order valence-electron chi connectivity index (χ4n) is 3.71. The van der Waals surface area contributed by atoms with Crippen LogP contribution in [0.4, 0.5) is 0 Å². The van der Waals surface area contributed by atoms with Crippen molar-refractivity contribution >= 4 is 10.0 Å². The Kier molecular flexibility index (Phi) is 6.33. The summed E-state index contributed by atoms with van der Waals surface area (Å²) in [5, 5.41) is 0. The van der Waals surface area contributed by atoms with Gasteiger partial charge in [0.05, 0.1) is 12.0 Å². The Hall–Kier alpha value is -1.15. The van der Waals surface area contributed by atoms with E-state index in [-0.39, 0.29) is 4.90 Å². The van der Waals surface area contributed by atoms with Gasteiger partial charge in [-0.15, -0.1) is 0 Å². The maximum atomic E-state index is 12.5. The van der Waals surface area contributed by atoms with Gasteiger partial charge in [-0.1, -0.05) is 0 Å². The number of hydrogen-bond donors (Lipinski definition) is 1. The second-order valence-corrected chi connectivity index (χ2v) is 8.64. The summed E-state index contributed by atoms with van der Waals surface area (Å²) >= 11 is 0. The Morgan fingerprint density at radius 2 is 1.92 bits per heavy atom. The highest BCUT2D eigenvalue weighted by atomic mass is 32.2. The number of nitrogens with zero attached hydrogens (tertiary/aromatic N) is 1. The van der Waals surface area contributed by atoms with Crippen molar-refractivity contribution in [1.82, 2.24) is 9.62 Å². The lowest BCUT2D eigenvalue weighted by Gasteiger charge is -2.40. The van der Waals surface area contributed by atoms with Gasteiger partial charge in [-0.05, 0) is 62.4 Å². The van der Waals surface area contributed by atoms with Gasteiger partial charge in [-0.3, -0.25) is 4.90 Å². The van der Waals surface area contributed by atoms with Gasteiger partial charge in [0, 0.05) is 32.3 Å². The standard InChI is InChI=1S/C18H28N2O4S/c1-23-17-4-6-18(7-5-17)25(21,22)19-13-15-3-2-10-20(14-15)16-8-11-24-12-9-16/h4-7,15-16,19H,2-3,8-14H2,1H3. The van der Waals surface area contributed by atoms with E-state index in [1.807, 2.05) is 0 Å². The summed E-state index contributed by atoms with van der Waals surface area (Å²) in [5.74, 6) is 1.02. The third-order valence-corrected chi connectivity index (χ3v) is 6.63. The molecule has 2 aliphatic rings. The van der Waals surface area contributed by atoms with Gasteiger partial charge in [0.2, 0.25) is 10.0 Å². The summed E-state index contributed by atoms with van der Waals surface area (Å²) < 4.78 is 38.3. The molecule has 0 amide bonds. The largest absolute Gasteiger partial charge is 0.497 e. The minimum atomic E-state index is -3.47. The number of methoxy groups -OCH3 is 1. The summed E-state index contributed by atoms with van der Waals surface area (Å²) in [6, 6.07) is 7.09. The molecule has 0 radical (unpaired) electrons. The third-order valence-electron chi connectivity index (χ3n) is 5.19. The van der Waals surface area contributed by atoms with Crippen molar-refractivity contribution in [1.29, 1.82) is 0 Å². The van der Waals surface area contributed by atoms with E-state index in [1.165, 1.54) is 0 Å². The SMILES string of the molecule is COc1ccc(S(=O)(=O)NCC2CCCN(C3CCOCC3)C2)cc1. The number of nitrogens with one attached hydrogen (secondary N) is 1. The summed E-state index contributed by atoms with van der Waals surface area (Å²) in [4.78, 5) is 2.81. The highest BCUT2D eigenvalue weighted by Crippen LogP contribution is 2.23. The molecule has 0 spiro atoms. The van der Waals surface area contributed by atoms with E-state index in [2.05, 4.69) is 9.62 Å². The van der Waals surface area contributed by atoms with Crippen LogP contribution in [0.1, 0.15) is 25.7 Å². The Morgan fingerprint density at radius 1 is 1.20 bits per heavy atom. The molecule has 25 heavy (non-hydrogen) atoms. The van der Waals surface area contributed by atoms with Gasteiger partial charge in [0.1, 0.15) is 5.75 Å². The summed E-state index contributed by atoms with van der Waals surface area (Å²) in [5.41, 5.74) is 0. The van der Waals surface area contributed by atoms with Gasteiger partial charge < -0.3 is 9.47 Å². The quantitative estimate of drug-likeness (QED) is 0.830. The zero-order chi connectivity index (χ0) is 17.7. The number of sulfonamides is 1. The first-order valence-corrected chi connectivity index (χ1v) is 10.5. The van der Waals surface area contributed by atoms with Crippen molar-refractivity contribution in [3.05, 3.63) is 24.3 Å². The topological polar surface area (TPSA) is 67.9 Å². The Bertz CT molecular complexity index is 642. The fraction of sp³-hybridized carbons (Fsp3) is 0.667. The van der Waals surface area contributed by atoms with E-state index in [4.69, 9.17) is 9.47 Å². The van der Waals surface area contributed by atoms with Crippen molar-refractivity contribution in [2.45, 2.75) is 36.6 Å². The zero-order valence-electron chi connectivity index (χ0n) is 14.8. The smallest absolute Gasteiger partial charge is 0.240 e. The van der Waals surface area contributed by atoms with E-state index in [0.29, 0.717) is 24.3 Å². The van der Waals surface area contributed by atoms with Crippen molar-refractivity contribution < 1.29 is 17.9 Å². The highest BCUT2D eigenvalue weighted by Gasteiger charge is 2.28. The molecule has 7 heteroatoms. The Labute approximate surface area is 150 Å². The Balaban J connectivity index is 1.54. The summed E-state index contributed by atoms with van der Waals surface area (Å²) in [7, 11) is -1.91. The lowest BCUT2D eigenvalue weighted by Crippen LogP contribution is -2.47. The molecule has 140 valence electrons. The number of hydrogen-bond acceptors (Lipinski definition) is 5. The molecule has 0 bridgehead atoms. The van der Waals surface area contributed by atoms with Crippen molar-refractivity contribution in [2.75, 3.05) is 40.0 Å². The molecule has 2 fully saturated rings. The maximum absolute atomic E-state index is 12.5. The van der Waals surface area contributed by atoms with E-state index < -0.39 is 10.0 Å². The van der Waals surface area contributed by atoms with E-state index in [1.54, 1.807) is 31.4 Å². The predicted molar refractivity (Wildman–Crippen MR) is 96.3 cm³/mol. The highest BCUT2D eigenvalue weighted by molar-refractivity contribution is 7.89. The van der Waals surface area contributed by atoms with Crippen LogP contribution < -0.4 is 9.46 Å². The fourth-order valence-corrected chi connectivity index (χ4v) is 4.83. The van der Waals surface area contributed by atoms with E-state index in [9.17, 15) is 8.42 Å². The maximum Gasteiger partial charge on any atom is 0.240 e. The normalized spacial score (nSPS) is 23.5. The van der Waals surface area contributed by atoms with Crippen LogP contribution in [0, 0.1) is 5.92 Å². The molecule has 2 saturated heterocycles. The molecule has 2 aliphatic heterocycles. The molecule has 1 aromatic carbocycles. The first kappa shape index (κ1) is 18.6. The van der Waals surface area contributed by atoms with Crippen LogP contribution in [0.25, 0.3) is 0 Å². The molecule has 1 N–H and O–H groups in total. The van der Waals surface area contributed by atoms with E-state index in [0.717, 1.165) is 52.0 Å². The molecule has 0 aromatic heterocycles. The van der Waals surface area contributed by atoms with Gasteiger partial charge >= 0.3 is 0 Å². The zero-order valence-corrected chi connectivity index (χ0v) is 15.6. The van der Waals surface area contributed by atoms with Gasteiger partial charge in [0.25, 0.3) is 0 Å². The number of piperidine rings is 1. The van der Waals surface area contributed by atoms with Gasteiger partial charge in [-0.2, -0.15) is 0 Å². The summed E-state index contributed by atoms with van der Waals surface area (Å²) in [6.45, 7) is 4.27. The van der Waals surface area contributed by atoms with Crippen molar-refractivity contribution in [3.8, 4) is 5.75 Å². The second-order valence-electron chi connectivity index (χ2n) is 6.87. The molecule has 0 aliphatic carbocycles.